The maximum absolute atomic E-state index is 2.80. The lowest BCUT2D eigenvalue weighted by Gasteiger charge is -2.54. The van der Waals surface area contributed by atoms with E-state index >= 15 is 0 Å². The van der Waals surface area contributed by atoms with E-state index in [4.69, 9.17) is 0 Å². The van der Waals surface area contributed by atoms with Gasteiger partial charge in [-0.05, 0) is 207 Å². The lowest BCUT2D eigenvalue weighted by atomic mass is 9.33. The minimum atomic E-state index is -2.05. The number of fused-ring (bicyclic) bond motifs is 9. The van der Waals surface area contributed by atoms with Crippen LogP contribution in [0.25, 0.3) is 21.2 Å². The minimum Gasteiger partial charge on any atom is -0.311 e. The highest BCUT2D eigenvalue weighted by molar-refractivity contribution is 7.26. The van der Waals surface area contributed by atoms with Gasteiger partial charge in [0.05, 0.1) is 18.8 Å². The van der Waals surface area contributed by atoms with E-state index in [9.17, 15) is 0 Å². The van der Waals surface area contributed by atoms with E-state index in [1.807, 2.05) is 0 Å². The minimum absolute atomic E-state index is 0.0191. The molecule has 6 aromatic carbocycles. The summed E-state index contributed by atoms with van der Waals surface area (Å²) in [6.45, 7) is 50.2. The lowest BCUT2D eigenvalue weighted by Crippen LogP contribution is -2.62. The standard InChI is InChI=1S/C72H87BN2SSi/c1-65(2,3)43-23-28-56-47(33-43)42-21-25-46(26-22-42)77(19,20)61-41-71(15,16)52-38-55-57(39-54(52)72(61,17)18)75(56)59-35-44(66(4,5)6)34-58-63(59)73(55)62-48-37-51-53(70(13,14)32-31-69(51,11)12)40-60(48)76-64(62)74(58)45-24-27-49-50(36-45)68(9,10)30-29-67(49,7)8/h21-28,33-40,61H,29-32,41H2,1-20H3. The highest BCUT2D eigenvalue weighted by Gasteiger charge is 2.54. The van der Waals surface area contributed by atoms with Crippen LogP contribution in [0.4, 0.5) is 33.4 Å². The van der Waals surface area contributed by atoms with Crippen LogP contribution in [-0.4, -0.2) is 14.8 Å². The van der Waals surface area contributed by atoms with Gasteiger partial charge >= 0.3 is 0 Å². The molecule has 1 atom stereocenters. The van der Waals surface area contributed by atoms with Gasteiger partial charge in [0.25, 0.3) is 6.71 Å². The quantitative estimate of drug-likeness (QED) is 0.151. The maximum Gasteiger partial charge on any atom is 0.254 e. The molecule has 0 fully saturated rings. The summed E-state index contributed by atoms with van der Waals surface area (Å²) in [4.78, 5) is 5.58. The molecule has 77 heavy (non-hydrogen) atoms. The van der Waals surface area contributed by atoms with Crippen molar-refractivity contribution in [3.05, 3.63) is 142 Å². The van der Waals surface area contributed by atoms with Crippen molar-refractivity contribution in [3.63, 3.8) is 0 Å². The number of thiophene rings is 1. The van der Waals surface area contributed by atoms with E-state index < -0.39 is 8.07 Å². The van der Waals surface area contributed by atoms with E-state index in [1.54, 1.807) is 27.4 Å². The third-order valence-electron chi connectivity index (χ3n) is 21.7. The smallest absolute Gasteiger partial charge is 0.254 e. The molecular weight excluding hydrogens is 964 g/mol. The second-order valence-corrected chi connectivity index (χ2v) is 37.6. The van der Waals surface area contributed by atoms with Crippen LogP contribution in [0, 0.1) is 0 Å². The molecule has 0 spiro atoms. The zero-order chi connectivity index (χ0) is 55.1. The number of hydrogen-bond donors (Lipinski definition) is 0. The molecule has 2 nitrogen and oxygen atoms in total. The SMILES string of the molecule is CC(C)(C)c1ccc2c(c1)-c1ccc(cc1)[Si](C)(C)C1CC(C)(C)c3cc4c(cc3C1(C)C)N2c1cc(C(C)(C)C)cc2c1B4c1c(sc3cc4c(cc13)C(C)(C)CCC4(C)C)N2c1ccc2c(c1)C(C)(C)CCC2(C)C. The van der Waals surface area contributed by atoms with Gasteiger partial charge in [-0.1, -0.05) is 185 Å². The first-order chi connectivity index (χ1) is 35.6. The Bertz CT molecular complexity index is 3690. The Morgan fingerprint density at radius 1 is 0.494 bits per heavy atom. The molecule has 0 saturated heterocycles. The summed E-state index contributed by atoms with van der Waals surface area (Å²) < 4.78 is 1.43. The molecule has 7 aromatic rings. The number of hydrogen-bond acceptors (Lipinski definition) is 3. The van der Waals surface area contributed by atoms with Crippen molar-refractivity contribution in [1.82, 2.24) is 0 Å². The van der Waals surface area contributed by atoms with Crippen molar-refractivity contribution in [2.45, 2.75) is 219 Å². The second-order valence-electron chi connectivity index (χ2n) is 31.9. The van der Waals surface area contributed by atoms with Gasteiger partial charge in [-0.25, -0.2) is 0 Å². The van der Waals surface area contributed by atoms with Crippen LogP contribution in [0.1, 0.15) is 201 Å². The van der Waals surface area contributed by atoms with E-state index in [0.29, 0.717) is 5.54 Å². The van der Waals surface area contributed by atoms with E-state index in [1.165, 1.54) is 125 Å². The predicted molar refractivity (Wildman–Crippen MR) is 341 cm³/mol. The molecule has 0 radical (unpaired) electrons. The van der Waals surface area contributed by atoms with Crippen molar-refractivity contribution in [3.8, 4) is 11.1 Å². The molecule has 14 rings (SSSR count). The topological polar surface area (TPSA) is 6.48 Å². The molecule has 0 amide bonds. The third kappa shape index (κ3) is 7.28. The van der Waals surface area contributed by atoms with Gasteiger partial charge in [0, 0.05) is 33.0 Å². The first-order valence-electron chi connectivity index (χ1n) is 29.6. The largest absolute Gasteiger partial charge is 0.311 e. The van der Waals surface area contributed by atoms with Gasteiger partial charge in [-0.2, -0.15) is 0 Å². The molecule has 1 unspecified atom stereocenters. The molecule has 0 saturated carbocycles. The van der Waals surface area contributed by atoms with Crippen LogP contribution < -0.4 is 31.4 Å². The average molecular weight is 1050 g/mol. The highest BCUT2D eigenvalue weighted by atomic mass is 32.1. The van der Waals surface area contributed by atoms with Gasteiger partial charge in [-0.3, -0.25) is 0 Å². The number of benzene rings is 6. The Morgan fingerprint density at radius 3 is 1.66 bits per heavy atom. The molecule has 3 aliphatic carbocycles. The van der Waals surface area contributed by atoms with E-state index in [2.05, 4.69) is 256 Å². The molecular formula is C72H87BN2SSi. The fourth-order valence-electron chi connectivity index (χ4n) is 16.3. The summed E-state index contributed by atoms with van der Waals surface area (Å²) >= 11 is 2.07. The van der Waals surface area contributed by atoms with Crippen LogP contribution in [0.15, 0.2) is 97.1 Å². The number of nitrogens with zero attached hydrogens (tertiary/aromatic N) is 2. The van der Waals surface area contributed by atoms with Crippen molar-refractivity contribution < 1.29 is 0 Å². The fraction of sp³-hybridized carbons (Fsp3) is 0.472. The van der Waals surface area contributed by atoms with Crippen LogP contribution in [-0.2, 0) is 43.3 Å². The molecule has 0 N–H and O–H groups in total. The van der Waals surface area contributed by atoms with Crippen molar-refractivity contribution in [2.24, 2.45) is 0 Å². The van der Waals surface area contributed by atoms with E-state index in [0.717, 1.165) is 0 Å². The van der Waals surface area contributed by atoms with Gasteiger partial charge in [0.15, 0.2) is 0 Å². The first-order valence-corrected chi connectivity index (χ1v) is 33.5. The monoisotopic (exact) mass is 1050 g/mol. The van der Waals surface area contributed by atoms with Crippen LogP contribution >= 0.6 is 11.3 Å². The van der Waals surface area contributed by atoms with Crippen LogP contribution in [0.5, 0.6) is 0 Å². The summed E-state index contributed by atoms with van der Waals surface area (Å²) in [6.07, 6.45) is 5.96. The third-order valence-corrected chi connectivity index (χ3v) is 27.3. The van der Waals surface area contributed by atoms with E-state index in [-0.39, 0.29) is 50.0 Å². The molecule has 7 aliphatic rings. The Morgan fingerprint density at radius 2 is 1.05 bits per heavy atom. The van der Waals surface area contributed by atoms with Crippen LogP contribution in [0.2, 0.25) is 18.6 Å². The lowest BCUT2D eigenvalue weighted by molar-refractivity contribution is 0.325. The van der Waals surface area contributed by atoms with Gasteiger partial charge in [0.2, 0.25) is 0 Å². The maximum atomic E-state index is 2.80. The summed E-state index contributed by atoms with van der Waals surface area (Å²) in [5.74, 6) is 0. The Kier molecular flexibility index (Phi) is 10.5. The molecule has 398 valence electrons. The summed E-state index contributed by atoms with van der Waals surface area (Å²) in [6, 6.07) is 41.5. The number of rotatable bonds is 1. The zero-order valence-electron chi connectivity index (χ0n) is 50.7. The summed E-state index contributed by atoms with van der Waals surface area (Å²) in [5.41, 5.74) is 26.2. The molecule has 5 heteroatoms. The normalized spacial score (nSPS) is 22.0. The Labute approximate surface area is 469 Å². The fourth-order valence-corrected chi connectivity index (χ4v) is 22.0. The van der Waals surface area contributed by atoms with Gasteiger partial charge in [-0.15, -0.1) is 11.3 Å². The van der Waals surface area contributed by atoms with Gasteiger partial charge in [0.1, 0.15) is 0 Å². The zero-order valence-corrected chi connectivity index (χ0v) is 52.5. The van der Waals surface area contributed by atoms with Crippen LogP contribution in [0.3, 0.4) is 0 Å². The second kappa shape index (κ2) is 15.7. The molecule has 4 aliphatic heterocycles. The summed E-state index contributed by atoms with van der Waals surface area (Å²) in [7, 11) is -2.05. The van der Waals surface area contributed by atoms with Crippen molar-refractivity contribution >= 4 is 91.2 Å². The number of anilines is 6. The first kappa shape index (κ1) is 51.6. The summed E-state index contributed by atoms with van der Waals surface area (Å²) in [5, 5.41) is 4.41. The molecule has 5 heterocycles. The highest BCUT2D eigenvalue weighted by Crippen LogP contribution is 2.60. The average Bonchev–Trinajstić information content (AvgIpc) is 3.99. The molecule has 1 aromatic heterocycles. The van der Waals surface area contributed by atoms with Crippen molar-refractivity contribution in [1.29, 1.82) is 0 Å². The predicted octanol–water partition coefficient (Wildman–Crippen LogP) is 18.2. The van der Waals surface area contributed by atoms with Crippen molar-refractivity contribution in [2.75, 3.05) is 9.80 Å². The Hall–Kier alpha value is -4.84. The molecule has 5 bridgehead atoms. The van der Waals surface area contributed by atoms with Gasteiger partial charge < -0.3 is 9.80 Å². The Balaban J connectivity index is 1.22.